The quantitative estimate of drug-likeness (QED) is 0.411. The average Bonchev–Trinajstić information content (AvgIpc) is 2.71. The molecule has 0 fully saturated rings. The van der Waals surface area contributed by atoms with Crippen molar-refractivity contribution in [3.05, 3.63) is 71.3 Å². The normalized spacial score (nSPS) is 12.9. The Balaban J connectivity index is 2.11. The first-order valence-electron chi connectivity index (χ1n) is 8.68. The fraction of sp³-hybridized carbons (Fsp3) is 0.238. The third kappa shape index (κ3) is 5.58. The minimum absolute atomic E-state index is 0.186. The lowest BCUT2D eigenvalue weighted by Gasteiger charge is -2.17. The highest BCUT2D eigenvalue weighted by Crippen LogP contribution is 2.13. The maximum atomic E-state index is 11.9. The summed E-state index contributed by atoms with van der Waals surface area (Å²) in [6, 6.07) is 16.4. The SMILES string of the molecule is CO/N=C(/C(C)=O)c1ccccc1CONC(C)C(=NC#N)c1ccccc1. The number of carbonyl (C=O) groups excluding carboxylic acids is 1. The zero-order valence-electron chi connectivity index (χ0n) is 16.0. The Hall–Kier alpha value is -3.34. The highest BCUT2D eigenvalue weighted by Gasteiger charge is 2.16. The maximum Gasteiger partial charge on any atom is 0.206 e. The predicted molar refractivity (Wildman–Crippen MR) is 107 cm³/mol. The van der Waals surface area contributed by atoms with Crippen LogP contribution in [-0.4, -0.2) is 30.4 Å². The summed E-state index contributed by atoms with van der Waals surface area (Å²) in [5.74, 6) is -0.205. The molecule has 0 radical (unpaired) electrons. The largest absolute Gasteiger partial charge is 0.399 e. The van der Waals surface area contributed by atoms with Gasteiger partial charge in [-0.1, -0.05) is 59.8 Å². The van der Waals surface area contributed by atoms with Crippen LogP contribution in [0.2, 0.25) is 0 Å². The molecule has 1 atom stereocenters. The topological polar surface area (TPSA) is 96.1 Å². The van der Waals surface area contributed by atoms with Crippen LogP contribution >= 0.6 is 0 Å². The smallest absolute Gasteiger partial charge is 0.206 e. The second-order valence-corrected chi connectivity index (χ2v) is 5.93. The molecule has 2 aromatic rings. The lowest BCUT2D eigenvalue weighted by molar-refractivity contribution is -0.111. The Bertz CT molecular complexity index is 901. The van der Waals surface area contributed by atoms with Crippen molar-refractivity contribution in [2.75, 3.05) is 7.11 Å². The van der Waals surface area contributed by atoms with Gasteiger partial charge < -0.3 is 4.84 Å². The van der Waals surface area contributed by atoms with E-state index in [1.54, 1.807) is 6.07 Å². The fourth-order valence-corrected chi connectivity index (χ4v) is 2.65. The number of aliphatic imine (C=N–C) groups is 1. The van der Waals surface area contributed by atoms with Crippen molar-refractivity contribution in [1.29, 1.82) is 5.26 Å². The maximum absolute atomic E-state index is 11.9. The molecule has 7 nitrogen and oxygen atoms in total. The molecule has 2 rings (SSSR count). The van der Waals surface area contributed by atoms with Crippen molar-refractivity contribution in [3.8, 4) is 6.19 Å². The van der Waals surface area contributed by atoms with E-state index >= 15 is 0 Å². The summed E-state index contributed by atoms with van der Waals surface area (Å²) in [5.41, 5.74) is 5.94. The van der Waals surface area contributed by atoms with Crippen LogP contribution in [0.25, 0.3) is 0 Å². The van der Waals surface area contributed by atoms with Gasteiger partial charge in [-0.25, -0.2) is 0 Å². The number of oxime groups is 1. The molecule has 2 aromatic carbocycles. The minimum Gasteiger partial charge on any atom is -0.399 e. The molecule has 0 aliphatic heterocycles. The minimum atomic E-state index is -0.325. The number of hydrogen-bond acceptors (Lipinski definition) is 7. The second-order valence-electron chi connectivity index (χ2n) is 5.93. The van der Waals surface area contributed by atoms with Gasteiger partial charge in [0.05, 0.1) is 18.4 Å². The number of nitrogens with zero attached hydrogens (tertiary/aromatic N) is 3. The van der Waals surface area contributed by atoms with E-state index in [9.17, 15) is 4.79 Å². The lowest BCUT2D eigenvalue weighted by atomic mass is 10.0. The van der Waals surface area contributed by atoms with Crippen molar-refractivity contribution in [2.45, 2.75) is 26.5 Å². The van der Waals surface area contributed by atoms with Crippen LogP contribution in [0.3, 0.4) is 0 Å². The first-order valence-corrected chi connectivity index (χ1v) is 8.68. The average molecular weight is 378 g/mol. The Kier molecular flexibility index (Phi) is 8.03. The molecule has 0 saturated heterocycles. The Labute approximate surface area is 164 Å². The van der Waals surface area contributed by atoms with E-state index < -0.39 is 0 Å². The molecule has 0 amide bonds. The van der Waals surface area contributed by atoms with Gasteiger partial charge in [0.1, 0.15) is 7.11 Å². The highest BCUT2D eigenvalue weighted by molar-refractivity contribution is 6.45. The molecule has 0 saturated carbocycles. The number of nitriles is 1. The number of carbonyl (C=O) groups is 1. The van der Waals surface area contributed by atoms with E-state index in [0.29, 0.717) is 11.3 Å². The van der Waals surface area contributed by atoms with Crippen molar-refractivity contribution >= 4 is 17.2 Å². The summed E-state index contributed by atoms with van der Waals surface area (Å²) in [4.78, 5) is 26.2. The van der Waals surface area contributed by atoms with E-state index in [0.717, 1.165) is 11.1 Å². The van der Waals surface area contributed by atoms with Crippen LogP contribution in [0.4, 0.5) is 0 Å². The summed E-state index contributed by atoms with van der Waals surface area (Å²) in [5, 5.41) is 12.8. The van der Waals surface area contributed by atoms with E-state index in [-0.39, 0.29) is 24.1 Å². The summed E-state index contributed by atoms with van der Waals surface area (Å²) >= 11 is 0. The molecular formula is C21H22N4O3. The van der Waals surface area contributed by atoms with Gasteiger partial charge in [-0.05, 0) is 18.1 Å². The first kappa shape index (κ1) is 21.0. The molecule has 144 valence electrons. The summed E-state index contributed by atoms with van der Waals surface area (Å²) < 4.78 is 0. The molecule has 28 heavy (non-hydrogen) atoms. The number of nitrogens with one attached hydrogen (secondary N) is 1. The van der Waals surface area contributed by atoms with Gasteiger partial charge in [-0.15, -0.1) is 0 Å². The standard InChI is InChI=1S/C21H22N4O3/c1-15(20(23-14-22)17-9-5-4-6-10-17)24-28-13-18-11-7-8-12-19(18)21(16(2)26)25-27-3/h4-12,15,24H,13H2,1-3H3/b23-20?,25-21-. The molecule has 7 heteroatoms. The van der Waals surface area contributed by atoms with Crippen LogP contribution in [-0.2, 0) is 21.1 Å². The number of rotatable bonds is 9. The van der Waals surface area contributed by atoms with Gasteiger partial charge in [0.15, 0.2) is 11.5 Å². The van der Waals surface area contributed by atoms with Gasteiger partial charge in [-0.3, -0.25) is 9.63 Å². The number of ketones is 1. The van der Waals surface area contributed by atoms with Gasteiger partial charge >= 0.3 is 0 Å². The first-order chi connectivity index (χ1) is 13.6. The van der Waals surface area contributed by atoms with Gasteiger partial charge in [0.25, 0.3) is 0 Å². The molecule has 0 heterocycles. The van der Waals surface area contributed by atoms with Crippen molar-refractivity contribution in [3.63, 3.8) is 0 Å². The Morgan fingerprint density at radius 2 is 1.86 bits per heavy atom. The van der Waals surface area contributed by atoms with Crippen LogP contribution in [0.15, 0.2) is 64.7 Å². The third-order valence-electron chi connectivity index (χ3n) is 3.93. The van der Waals surface area contributed by atoms with Crippen molar-refractivity contribution in [1.82, 2.24) is 5.48 Å². The predicted octanol–water partition coefficient (Wildman–Crippen LogP) is 3.01. The van der Waals surface area contributed by atoms with Gasteiger partial charge in [0.2, 0.25) is 6.19 Å². The van der Waals surface area contributed by atoms with Crippen LogP contribution in [0.1, 0.15) is 30.5 Å². The Morgan fingerprint density at radius 1 is 1.18 bits per heavy atom. The molecule has 0 aliphatic rings. The third-order valence-corrected chi connectivity index (χ3v) is 3.93. The molecule has 0 aliphatic carbocycles. The Morgan fingerprint density at radius 3 is 2.50 bits per heavy atom. The summed E-state index contributed by atoms with van der Waals surface area (Å²) in [7, 11) is 1.39. The van der Waals surface area contributed by atoms with Gasteiger partial charge in [-0.2, -0.15) is 15.7 Å². The van der Waals surface area contributed by atoms with Crippen molar-refractivity contribution in [2.24, 2.45) is 10.1 Å². The lowest BCUT2D eigenvalue weighted by Crippen LogP contribution is -2.34. The summed E-state index contributed by atoms with van der Waals surface area (Å²) in [6.45, 7) is 3.47. The van der Waals surface area contributed by atoms with Crippen LogP contribution < -0.4 is 5.48 Å². The van der Waals surface area contributed by atoms with Crippen molar-refractivity contribution < 1.29 is 14.5 Å². The zero-order chi connectivity index (χ0) is 20.4. The monoisotopic (exact) mass is 378 g/mol. The van der Waals surface area contributed by atoms with Crippen LogP contribution in [0.5, 0.6) is 0 Å². The summed E-state index contributed by atoms with van der Waals surface area (Å²) in [6.07, 6.45) is 1.83. The molecule has 0 bridgehead atoms. The number of Topliss-reactive ketones (excluding diaryl/α,β-unsaturated/α-hetero) is 1. The fourth-order valence-electron chi connectivity index (χ4n) is 2.65. The number of benzene rings is 2. The molecule has 1 unspecified atom stereocenters. The van der Waals surface area contributed by atoms with E-state index in [2.05, 4.69) is 15.6 Å². The van der Waals surface area contributed by atoms with Crippen LogP contribution in [0, 0.1) is 11.5 Å². The molecular weight excluding hydrogens is 356 g/mol. The zero-order valence-corrected chi connectivity index (χ0v) is 16.0. The number of hydroxylamine groups is 1. The molecule has 0 spiro atoms. The van der Waals surface area contributed by atoms with E-state index in [1.165, 1.54) is 14.0 Å². The second kappa shape index (κ2) is 10.7. The van der Waals surface area contributed by atoms with E-state index in [1.807, 2.05) is 61.6 Å². The molecule has 0 aromatic heterocycles. The number of hydrogen-bond donors (Lipinski definition) is 1. The highest BCUT2D eigenvalue weighted by atomic mass is 16.6. The van der Waals surface area contributed by atoms with E-state index in [4.69, 9.17) is 14.9 Å². The molecule has 1 N–H and O–H groups in total. The van der Waals surface area contributed by atoms with Gasteiger partial charge in [0, 0.05) is 12.5 Å².